The number of hydrogen-bond acceptors (Lipinski definition) is 3. The van der Waals surface area contributed by atoms with Gasteiger partial charge >= 0.3 is 0 Å². The van der Waals surface area contributed by atoms with Gasteiger partial charge in [0.15, 0.2) is 0 Å². The Labute approximate surface area is 138 Å². The quantitative estimate of drug-likeness (QED) is 0.789. The van der Waals surface area contributed by atoms with Gasteiger partial charge in [-0.2, -0.15) is 0 Å². The first-order valence-electron chi connectivity index (χ1n) is 7.15. The molecule has 7 heteroatoms. The Bertz CT molecular complexity index is 607. The maximum absolute atomic E-state index is 14.3. The van der Waals surface area contributed by atoms with Gasteiger partial charge < -0.3 is 14.5 Å². The highest BCUT2D eigenvalue weighted by atomic mass is 35.5. The van der Waals surface area contributed by atoms with Gasteiger partial charge in [0, 0.05) is 25.7 Å². The third-order valence-corrected chi connectivity index (χ3v) is 4.98. The van der Waals surface area contributed by atoms with Crippen LogP contribution in [0.5, 0.6) is 5.75 Å². The summed E-state index contributed by atoms with van der Waals surface area (Å²) in [4.78, 5) is 15.7. The van der Waals surface area contributed by atoms with Crippen LogP contribution in [-0.2, 0) is 4.79 Å². The van der Waals surface area contributed by atoms with E-state index in [4.69, 9.17) is 27.9 Å². The van der Waals surface area contributed by atoms with E-state index in [1.807, 2.05) is 9.80 Å². The molecule has 1 aromatic carbocycles. The molecule has 0 bridgehead atoms. The van der Waals surface area contributed by atoms with Crippen LogP contribution >= 0.6 is 23.2 Å². The molecule has 120 valence electrons. The predicted molar refractivity (Wildman–Crippen MR) is 84.6 cm³/mol. The molecular formula is C15H17Cl2FN2O2. The first-order valence-corrected chi connectivity index (χ1v) is 8.06. The van der Waals surface area contributed by atoms with Crippen molar-refractivity contribution in [3.63, 3.8) is 0 Å². The Balaban J connectivity index is 1.85. The third-order valence-electron chi connectivity index (χ3n) is 4.46. The summed E-state index contributed by atoms with van der Waals surface area (Å²) < 4.78 is 19.4. The molecule has 1 aliphatic heterocycles. The van der Waals surface area contributed by atoms with Crippen molar-refractivity contribution >= 4 is 34.8 Å². The monoisotopic (exact) mass is 346 g/mol. The Kier molecular flexibility index (Phi) is 4.12. The fraction of sp³-hybridized carbons (Fsp3) is 0.533. The van der Waals surface area contributed by atoms with E-state index in [-0.39, 0.29) is 28.2 Å². The first kappa shape index (κ1) is 15.7. The lowest BCUT2D eigenvalue weighted by atomic mass is 10.1. The minimum absolute atomic E-state index is 0.00905. The normalized spacial score (nSPS) is 19.5. The summed E-state index contributed by atoms with van der Waals surface area (Å²) in [5, 5.41) is 0.251. The molecule has 0 unspecified atom stereocenters. The molecule has 1 heterocycles. The molecule has 1 saturated carbocycles. The number of rotatable bonds is 3. The van der Waals surface area contributed by atoms with E-state index >= 15 is 0 Å². The fourth-order valence-electron chi connectivity index (χ4n) is 3.13. The number of hydrogen-bond donors (Lipinski definition) is 0. The molecule has 1 aromatic rings. The molecule has 0 atom stereocenters. The van der Waals surface area contributed by atoms with Crippen LogP contribution in [0.15, 0.2) is 12.1 Å². The highest BCUT2D eigenvalue weighted by molar-refractivity contribution is 6.32. The summed E-state index contributed by atoms with van der Waals surface area (Å²) in [6.45, 7) is 1.72. The van der Waals surface area contributed by atoms with E-state index in [0.29, 0.717) is 31.1 Å². The van der Waals surface area contributed by atoms with Gasteiger partial charge in [-0.25, -0.2) is 4.39 Å². The number of ether oxygens (including phenoxy) is 1. The smallest absolute Gasteiger partial charge is 0.238 e. The van der Waals surface area contributed by atoms with Crippen LogP contribution in [-0.4, -0.2) is 49.0 Å². The summed E-state index contributed by atoms with van der Waals surface area (Å²) in [7, 11) is 1.50. The van der Waals surface area contributed by atoms with Crippen LogP contribution in [0.2, 0.25) is 5.02 Å². The molecule has 1 saturated heterocycles. The standard InChI is InChI=1S/C15H17Cl2FN2O2/c1-22-13-7-12(11(18)6-10(13)17)19-4-5-20(14(21)8-16)15(9-19)2-3-15/h6-7H,2-5,8-9H2,1H3. The van der Waals surface area contributed by atoms with Crippen molar-refractivity contribution in [1.82, 2.24) is 4.90 Å². The van der Waals surface area contributed by atoms with Gasteiger partial charge in [0.2, 0.25) is 5.91 Å². The summed E-state index contributed by atoms with van der Waals surface area (Å²) in [5.41, 5.74) is 0.272. The molecule has 0 N–H and O–H groups in total. The molecule has 22 heavy (non-hydrogen) atoms. The van der Waals surface area contributed by atoms with E-state index in [0.717, 1.165) is 12.8 Å². The van der Waals surface area contributed by atoms with Crippen LogP contribution in [0.3, 0.4) is 0 Å². The Morgan fingerprint density at radius 2 is 2.14 bits per heavy atom. The summed E-state index contributed by atoms with van der Waals surface area (Å²) >= 11 is 11.6. The highest BCUT2D eigenvalue weighted by Gasteiger charge is 2.53. The van der Waals surface area contributed by atoms with Crippen molar-refractivity contribution in [2.24, 2.45) is 0 Å². The fourth-order valence-corrected chi connectivity index (χ4v) is 3.51. The van der Waals surface area contributed by atoms with E-state index in [1.165, 1.54) is 13.2 Å². The number of amides is 1. The van der Waals surface area contributed by atoms with Crippen LogP contribution in [0.25, 0.3) is 0 Å². The number of carbonyl (C=O) groups excluding carboxylic acids is 1. The van der Waals surface area contributed by atoms with E-state index < -0.39 is 0 Å². The minimum Gasteiger partial charge on any atom is -0.495 e. The van der Waals surface area contributed by atoms with E-state index in [9.17, 15) is 9.18 Å². The third kappa shape index (κ3) is 2.61. The number of methoxy groups -OCH3 is 1. The first-order chi connectivity index (χ1) is 10.5. The number of halogens is 3. The Morgan fingerprint density at radius 1 is 1.41 bits per heavy atom. The lowest BCUT2D eigenvalue weighted by molar-refractivity contribution is -0.132. The van der Waals surface area contributed by atoms with E-state index in [2.05, 4.69) is 0 Å². The SMILES string of the molecule is COc1cc(N2CCN(C(=O)CCl)C3(CC3)C2)c(F)cc1Cl. The van der Waals surface area contributed by atoms with Gasteiger partial charge in [0.25, 0.3) is 0 Å². The number of benzene rings is 1. The second-order valence-corrected chi connectivity index (χ2v) is 6.44. The predicted octanol–water partition coefficient (Wildman–Crippen LogP) is 2.91. The van der Waals surface area contributed by atoms with Crippen LogP contribution < -0.4 is 9.64 Å². The van der Waals surface area contributed by atoms with Crippen LogP contribution in [0, 0.1) is 5.82 Å². The lowest BCUT2D eigenvalue weighted by Gasteiger charge is -2.43. The molecule has 1 aliphatic carbocycles. The highest BCUT2D eigenvalue weighted by Crippen LogP contribution is 2.46. The molecule has 2 fully saturated rings. The van der Waals surface area contributed by atoms with Crippen molar-refractivity contribution in [2.75, 3.05) is 37.5 Å². The number of carbonyl (C=O) groups is 1. The van der Waals surface area contributed by atoms with Gasteiger partial charge in [-0.3, -0.25) is 4.79 Å². The van der Waals surface area contributed by atoms with Crippen LogP contribution in [0.1, 0.15) is 12.8 Å². The number of piperazine rings is 1. The molecule has 1 spiro atoms. The van der Waals surface area contributed by atoms with Gasteiger partial charge in [-0.05, 0) is 18.9 Å². The number of alkyl halides is 1. The molecule has 0 aromatic heterocycles. The molecular weight excluding hydrogens is 330 g/mol. The van der Waals surface area contributed by atoms with Crippen molar-refractivity contribution in [1.29, 1.82) is 0 Å². The average Bonchev–Trinajstić information content (AvgIpc) is 3.26. The van der Waals surface area contributed by atoms with Crippen molar-refractivity contribution < 1.29 is 13.9 Å². The Hall–Kier alpha value is -1.20. The zero-order chi connectivity index (χ0) is 15.9. The summed E-state index contributed by atoms with van der Waals surface area (Å²) in [6.07, 6.45) is 1.86. The van der Waals surface area contributed by atoms with Gasteiger partial charge in [0.05, 0.1) is 23.4 Å². The van der Waals surface area contributed by atoms with Gasteiger partial charge in [-0.1, -0.05) is 11.6 Å². The van der Waals surface area contributed by atoms with Crippen molar-refractivity contribution in [3.05, 3.63) is 23.0 Å². The molecule has 0 radical (unpaired) electrons. The second kappa shape index (κ2) is 5.78. The largest absolute Gasteiger partial charge is 0.495 e. The van der Waals surface area contributed by atoms with Crippen molar-refractivity contribution in [3.8, 4) is 5.75 Å². The summed E-state index contributed by atoms with van der Waals surface area (Å²) in [6, 6.07) is 2.89. The average molecular weight is 347 g/mol. The topological polar surface area (TPSA) is 32.8 Å². The zero-order valence-electron chi connectivity index (χ0n) is 12.2. The molecule has 1 amide bonds. The summed E-state index contributed by atoms with van der Waals surface area (Å²) in [5.74, 6) is 0.0131. The molecule has 2 aliphatic rings. The maximum Gasteiger partial charge on any atom is 0.238 e. The molecule has 3 rings (SSSR count). The number of anilines is 1. The molecule has 4 nitrogen and oxygen atoms in total. The zero-order valence-corrected chi connectivity index (χ0v) is 13.8. The minimum atomic E-state index is -0.376. The van der Waals surface area contributed by atoms with Crippen LogP contribution in [0.4, 0.5) is 10.1 Å². The van der Waals surface area contributed by atoms with Gasteiger partial charge in [0.1, 0.15) is 17.4 Å². The number of nitrogens with zero attached hydrogens (tertiary/aromatic N) is 2. The maximum atomic E-state index is 14.3. The van der Waals surface area contributed by atoms with E-state index in [1.54, 1.807) is 6.07 Å². The van der Waals surface area contributed by atoms with Crippen molar-refractivity contribution in [2.45, 2.75) is 18.4 Å². The second-order valence-electron chi connectivity index (χ2n) is 5.76. The Morgan fingerprint density at radius 3 is 2.73 bits per heavy atom. The lowest BCUT2D eigenvalue weighted by Crippen LogP contribution is -2.57. The van der Waals surface area contributed by atoms with Gasteiger partial charge in [-0.15, -0.1) is 11.6 Å².